The summed E-state index contributed by atoms with van der Waals surface area (Å²) in [6.07, 6.45) is 0. The molecule has 0 aliphatic rings. The van der Waals surface area contributed by atoms with Gasteiger partial charge in [0.25, 0.3) is 0 Å². The first kappa shape index (κ1) is 13.6. The van der Waals surface area contributed by atoms with E-state index in [0.717, 1.165) is 13.1 Å². The minimum Gasteiger partial charge on any atom is -0.373 e. The first-order valence-electron chi connectivity index (χ1n) is 6.62. The van der Waals surface area contributed by atoms with Crippen molar-refractivity contribution in [2.24, 2.45) is 0 Å². The first-order valence-corrected chi connectivity index (χ1v) is 8.83. The molecule has 0 radical (unpaired) electrons. The Kier molecular flexibility index (Phi) is 5.95. The van der Waals surface area contributed by atoms with Crippen molar-refractivity contribution in [2.45, 2.75) is 38.3 Å². The van der Waals surface area contributed by atoms with Crippen LogP contribution in [0.15, 0.2) is 24.3 Å². The van der Waals surface area contributed by atoms with Crippen molar-refractivity contribution >= 4 is 24.3 Å². The molecule has 1 rings (SSSR count). The van der Waals surface area contributed by atoms with E-state index in [1.165, 1.54) is 16.3 Å². The van der Waals surface area contributed by atoms with Crippen LogP contribution < -0.4 is 9.33 Å². The smallest absolute Gasteiger partial charge is 0.308 e. The van der Waals surface area contributed by atoms with Gasteiger partial charge in [-0.05, 0) is 19.9 Å². The summed E-state index contributed by atoms with van der Waals surface area (Å²) in [6, 6.07) is 9.03. The van der Waals surface area contributed by atoms with Gasteiger partial charge in [0.05, 0.1) is 0 Å². The van der Waals surface area contributed by atoms with Crippen LogP contribution in [0.2, 0.25) is 10.6 Å². The van der Waals surface area contributed by atoms with Gasteiger partial charge in [-0.2, -0.15) is 0 Å². The number of nitrogens with zero attached hydrogens (tertiary/aromatic N) is 1. The highest BCUT2D eigenvalue weighted by Crippen LogP contribution is 2.14. The van der Waals surface area contributed by atoms with E-state index in [4.69, 9.17) is 0 Å². The zero-order chi connectivity index (χ0) is 12.0. The number of benzene rings is 1. The summed E-state index contributed by atoms with van der Waals surface area (Å²) < 4.78 is 1.66. The number of hydrogen-bond donors (Lipinski definition) is 0. The Bertz CT molecular complexity index is 272. The SMILES string of the molecule is CCN(CC)c1cccc[c]1[Al]([CH2]C)[CH2]C. The number of anilines is 1. The minimum atomic E-state index is -0.715. The largest absolute Gasteiger partial charge is 0.373 e. The topological polar surface area (TPSA) is 3.24 Å². The van der Waals surface area contributed by atoms with Gasteiger partial charge in [0.1, 0.15) is 0 Å². The van der Waals surface area contributed by atoms with E-state index in [9.17, 15) is 0 Å². The third kappa shape index (κ3) is 3.03. The molecular formula is C14H24AlN. The standard InChI is InChI=1S/C10H14N.2C2H5.Al/c1-3-11(4-2)10-8-6-5-7-9-10;2*1-2;/h5-8H,3-4H2,1-2H3;2*1H2,2H3;. The average Bonchev–Trinajstić information content (AvgIpc) is 2.34. The van der Waals surface area contributed by atoms with Crippen molar-refractivity contribution in [3.63, 3.8) is 0 Å². The van der Waals surface area contributed by atoms with Crippen molar-refractivity contribution in [1.82, 2.24) is 0 Å². The molecule has 0 spiro atoms. The fourth-order valence-electron chi connectivity index (χ4n) is 2.41. The summed E-state index contributed by atoms with van der Waals surface area (Å²) in [5.41, 5.74) is 1.49. The molecule has 0 fully saturated rings. The van der Waals surface area contributed by atoms with Gasteiger partial charge in [0, 0.05) is 18.8 Å². The molecule has 0 N–H and O–H groups in total. The van der Waals surface area contributed by atoms with Crippen LogP contribution in [0.3, 0.4) is 0 Å². The second-order valence-corrected chi connectivity index (χ2v) is 7.89. The van der Waals surface area contributed by atoms with Gasteiger partial charge in [0.15, 0.2) is 0 Å². The van der Waals surface area contributed by atoms with Crippen LogP contribution in [0.5, 0.6) is 0 Å². The fourth-order valence-corrected chi connectivity index (χ4v) is 4.95. The Morgan fingerprint density at radius 2 is 1.50 bits per heavy atom. The average molecular weight is 233 g/mol. The molecule has 2 heteroatoms. The van der Waals surface area contributed by atoms with Gasteiger partial charge < -0.3 is 4.90 Å². The summed E-state index contributed by atoms with van der Waals surface area (Å²) in [7, 11) is 0. The summed E-state index contributed by atoms with van der Waals surface area (Å²) in [5, 5.41) is 2.74. The summed E-state index contributed by atoms with van der Waals surface area (Å²) in [5.74, 6) is 0. The molecule has 0 aromatic heterocycles. The van der Waals surface area contributed by atoms with Gasteiger partial charge in [-0.1, -0.05) is 47.0 Å². The molecule has 0 saturated carbocycles. The molecule has 0 aliphatic carbocycles. The Labute approximate surface area is 105 Å². The van der Waals surface area contributed by atoms with Gasteiger partial charge >= 0.3 is 14.1 Å². The number of para-hydroxylation sites is 1. The van der Waals surface area contributed by atoms with Crippen LogP contribution >= 0.6 is 0 Å². The third-order valence-electron chi connectivity index (χ3n) is 3.47. The van der Waals surface area contributed by atoms with E-state index >= 15 is 0 Å². The van der Waals surface area contributed by atoms with E-state index in [0.29, 0.717) is 0 Å². The second kappa shape index (κ2) is 6.99. The van der Waals surface area contributed by atoms with Gasteiger partial charge in [0.2, 0.25) is 0 Å². The molecule has 1 nitrogen and oxygen atoms in total. The molecule has 0 bridgehead atoms. The molecule has 1 aromatic carbocycles. The maximum absolute atomic E-state index is 2.49. The van der Waals surface area contributed by atoms with Crippen molar-refractivity contribution < 1.29 is 0 Å². The van der Waals surface area contributed by atoms with Crippen molar-refractivity contribution in [1.29, 1.82) is 0 Å². The molecule has 0 saturated heterocycles. The Morgan fingerprint density at radius 3 is 2.00 bits per heavy atom. The van der Waals surface area contributed by atoms with Gasteiger partial charge in [-0.25, -0.2) is 0 Å². The van der Waals surface area contributed by atoms with Crippen molar-refractivity contribution in [3.05, 3.63) is 24.3 Å². The van der Waals surface area contributed by atoms with Crippen molar-refractivity contribution in [2.75, 3.05) is 18.0 Å². The Hall–Kier alpha value is -0.448. The highest BCUT2D eigenvalue weighted by molar-refractivity contribution is 6.74. The lowest BCUT2D eigenvalue weighted by Crippen LogP contribution is -2.36. The van der Waals surface area contributed by atoms with Crippen LogP contribution in [0, 0.1) is 0 Å². The van der Waals surface area contributed by atoms with E-state index in [2.05, 4.69) is 56.9 Å². The summed E-state index contributed by atoms with van der Waals surface area (Å²) >= 11 is -0.715. The van der Waals surface area contributed by atoms with Crippen molar-refractivity contribution in [3.8, 4) is 0 Å². The monoisotopic (exact) mass is 233 g/mol. The quantitative estimate of drug-likeness (QED) is 0.682. The molecule has 0 aliphatic heterocycles. The molecular weight excluding hydrogens is 209 g/mol. The predicted molar refractivity (Wildman–Crippen MR) is 76.4 cm³/mol. The highest BCUT2D eigenvalue weighted by Gasteiger charge is 2.19. The summed E-state index contributed by atoms with van der Waals surface area (Å²) in [6.45, 7) is 11.4. The molecule has 0 atom stereocenters. The Balaban J connectivity index is 3.07. The summed E-state index contributed by atoms with van der Waals surface area (Å²) in [4.78, 5) is 2.49. The van der Waals surface area contributed by atoms with Crippen LogP contribution in [-0.4, -0.2) is 27.2 Å². The normalized spacial score (nSPS) is 10.2. The maximum Gasteiger partial charge on any atom is 0.308 e. The minimum absolute atomic E-state index is 0.715. The molecule has 0 amide bonds. The molecule has 0 heterocycles. The maximum atomic E-state index is 2.49. The molecule has 0 unspecified atom stereocenters. The van der Waals surface area contributed by atoms with Crippen LogP contribution in [0.25, 0.3) is 0 Å². The van der Waals surface area contributed by atoms with Crippen LogP contribution in [0.4, 0.5) is 5.69 Å². The lowest BCUT2D eigenvalue weighted by Gasteiger charge is -2.26. The fraction of sp³-hybridized carbons (Fsp3) is 0.571. The zero-order valence-corrected chi connectivity index (χ0v) is 12.3. The second-order valence-electron chi connectivity index (χ2n) is 4.24. The highest BCUT2D eigenvalue weighted by atomic mass is 27.2. The molecule has 88 valence electrons. The van der Waals surface area contributed by atoms with E-state index < -0.39 is 14.1 Å². The Morgan fingerprint density at radius 1 is 0.938 bits per heavy atom. The number of rotatable bonds is 6. The predicted octanol–water partition coefficient (Wildman–Crippen LogP) is 3.27. The van der Waals surface area contributed by atoms with E-state index in [1.54, 1.807) is 4.43 Å². The van der Waals surface area contributed by atoms with Crippen LogP contribution in [-0.2, 0) is 0 Å². The van der Waals surface area contributed by atoms with E-state index in [1.807, 2.05) is 0 Å². The van der Waals surface area contributed by atoms with Crippen LogP contribution in [0.1, 0.15) is 27.7 Å². The zero-order valence-electron chi connectivity index (χ0n) is 11.2. The van der Waals surface area contributed by atoms with E-state index in [-0.39, 0.29) is 0 Å². The molecule has 1 aromatic rings. The first-order chi connectivity index (χ1) is 7.78. The lowest BCUT2D eigenvalue weighted by atomic mass is 10.3. The van der Waals surface area contributed by atoms with Gasteiger partial charge in [-0.15, -0.1) is 0 Å². The molecule has 16 heavy (non-hydrogen) atoms. The number of hydrogen-bond acceptors (Lipinski definition) is 1. The third-order valence-corrected chi connectivity index (χ3v) is 6.81. The lowest BCUT2D eigenvalue weighted by molar-refractivity contribution is 0.869. The van der Waals surface area contributed by atoms with Gasteiger partial charge in [-0.3, -0.25) is 0 Å².